The third-order valence-corrected chi connectivity index (χ3v) is 3.39. The van der Waals surface area contributed by atoms with Crippen molar-refractivity contribution in [3.63, 3.8) is 0 Å². The molecule has 0 bridgehead atoms. The summed E-state index contributed by atoms with van der Waals surface area (Å²) in [5.41, 5.74) is 1.88. The van der Waals surface area contributed by atoms with E-state index in [0.717, 1.165) is 5.56 Å². The second-order valence-corrected chi connectivity index (χ2v) is 5.16. The van der Waals surface area contributed by atoms with Crippen LogP contribution in [0.4, 0.5) is 0 Å². The maximum atomic E-state index is 10.6. The first-order valence-corrected chi connectivity index (χ1v) is 7.32. The van der Waals surface area contributed by atoms with E-state index in [0.29, 0.717) is 16.9 Å². The molecule has 122 valence electrons. The van der Waals surface area contributed by atoms with Gasteiger partial charge in [-0.05, 0) is 29.3 Å². The van der Waals surface area contributed by atoms with Gasteiger partial charge in [0, 0.05) is 0 Å². The van der Waals surface area contributed by atoms with Gasteiger partial charge in [-0.3, -0.25) is 0 Å². The van der Waals surface area contributed by atoms with Crippen molar-refractivity contribution in [3.8, 4) is 17.6 Å². The van der Waals surface area contributed by atoms with Crippen molar-refractivity contribution in [2.24, 2.45) is 0 Å². The maximum absolute atomic E-state index is 10.6. The van der Waals surface area contributed by atoms with E-state index in [9.17, 15) is 10.1 Å². The first kappa shape index (κ1) is 17.4. The molecule has 0 atom stereocenters. The molecule has 0 aliphatic heterocycles. The number of carboxylic acid groups (broad SMARTS) is 1. The number of hydrogen-bond acceptors (Lipinski definition) is 4. The monoisotopic (exact) mass is 343 g/mol. The van der Waals surface area contributed by atoms with E-state index < -0.39 is 12.6 Å². The van der Waals surface area contributed by atoms with E-state index in [1.165, 1.54) is 7.11 Å². The molecule has 5 nitrogen and oxygen atoms in total. The Kier molecular flexibility index (Phi) is 5.83. The highest BCUT2D eigenvalue weighted by Crippen LogP contribution is 2.37. The van der Waals surface area contributed by atoms with Crippen LogP contribution in [0.15, 0.2) is 42.5 Å². The van der Waals surface area contributed by atoms with E-state index >= 15 is 0 Å². The van der Waals surface area contributed by atoms with Crippen molar-refractivity contribution in [3.05, 3.63) is 58.6 Å². The van der Waals surface area contributed by atoms with Crippen LogP contribution in [0.2, 0.25) is 5.02 Å². The summed E-state index contributed by atoms with van der Waals surface area (Å²) >= 11 is 6.16. The number of nitrogens with zero attached hydrogens (tertiary/aromatic N) is 1. The van der Waals surface area contributed by atoms with Gasteiger partial charge >= 0.3 is 5.97 Å². The topological polar surface area (TPSA) is 79.5 Å². The summed E-state index contributed by atoms with van der Waals surface area (Å²) in [6.45, 7) is -0.529. The van der Waals surface area contributed by atoms with Gasteiger partial charge in [-0.1, -0.05) is 41.9 Å². The fourth-order valence-corrected chi connectivity index (χ4v) is 2.34. The smallest absolute Gasteiger partial charge is 0.341 e. The molecule has 0 unspecified atom stereocenters. The number of aliphatic carboxylic acids is 1. The predicted octanol–water partition coefficient (Wildman–Crippen LogP) is 3.88. The van der Waals surface area contributed by atoms with Crippen LogP contribution in [0.25, 0.3) is 11.6 Å². The van der Waals surface area contributed by atoms with Gasteiger partial charge in [0.05, 0.1) is 23.8 Å². The molecule has 0 aliphatic carbocycles. The predicted molar refractivity (Wildman–Crippen MR) is 91.1 cm³/mol. The Morgan fingerprint density at radius 3 is 2.62 bits per heavy atom. The molecule has 6 heteroatoms. The molecule has 2 aromatic rings. The van der Waals surface area contributed by atoms with Crippen molar-refractivity contribution < 1.29 is 19.4 Å². The minimum absolute atomic E-state index is 0.150. The molecule has 2 aromatic carbocycles. The largest absolute Gasteiger partial charge is 0.493 e. The molecule has 0 aliphatic rings. The van der Waals surface area contributed by atoms with Gasteiger partial charge in [0.25, 0.3) is 0 Å². The van der Waals surface area contributed by atoms with Gasteiger partial charge in [-0.2, -0.15) is 5.26 Å². The van der Waals surface area contributed by atoms with Gasteiger partial charge in [0.15, 0.2) is 18.1 Å². The number of hydrogen-bond donors (Lipinski definition) is 1. The Hall–Kier alpha value is -2.97. The van der Waals surface area contributed by atoms with Crippen LogP contribution in [0.5, 0.6) is 11.5 Å². The summed E-state index contributed by atoms with van der Waals surface area (Å²) in [6, 6.07) is 14.6. The van der Waals surface area contributed by atoms with E-state index in [2.05, 4.69) is 6.07 Å². The number of nitriles is 1. The summed E-state index contributed by atoms with van der Waals surface area (Å²) in [4.78, 5) is 10.6. The zero-order chi connectivity index (χ0) is 17.5. The quantitative estimate of drug-likeness (QED) is 0.636. The number of benzene rings is 2. The lowest BCUT2D eigenvalue weighted by atomic mass is 10.0. The zero-order valence-electron chi connectivity index (χ0n) is 12.8. The van der Waals surface area contributed by atoms with Crippen molar-refractivity contribution in [1.82, 2.24) is 0 Å². The lowest BCUT2D eigenvalue weighted by Gasteiger charge is -2.12. The van der Waals surface area contributed by atoms with Crippen LogP contribution in [0.3, 0.4) is 0 Å². The molecule has 0 amide bonds. The van der Waals surface area contributed by atoms with Crippen molar-refractivity contribution in [2.75, 3.05) is 13.7 Å². The number of carboxylic acids is 1. The summed E-state index contributed by atoms with van der Waals surface area (Å²) < 4.78 is 10.4. The molecule has 1 N–H and O–H groups in total. The number of halogens is 1. The molecule has 0 aromatic heterocycles. The maximum Gasteiger partial charge on any atom is 0.341 e. The van der Waals surface area contributed by atoms with Crippen LogP contribution < -0.4 is 9.47 Å². The second kappa shape index (κ2) is 8.04. The molecule has 0 spiro atoms. The Balaban J connectivity index is 2.41. The van der Waals surface area contributed by atoms with Gasteiger partial charge in [-0.25, -0.2) is 4.79 Å². The molecule has 2 rings (SSSR count). The summed E-state index contributed by atoms with van der Waals surface area (Å²) in [6.07, 6.45) is 1.67. The van der Waals surface area contributed by atoms with Crippen LogP contribution in [-0.4, -0.2) is 24.8 Å². The fraction of sp³-hybridized carbons (Fsp3) is 0.111. The van der Waals surface area contributed by atoms with Crippen LogP contribution in [-0.2, 0) is 4.79 Å². The first-order valence-electron chi connectivity index (χ1n) is 6.94. The van der Waals surface area contributed by atoms with Crippen LogP contribution in [0, 0.1) is 11.3 Å². The second-order valence-electron chi connectivity index (χ2n) is 4.75. The minimum atomic E-state index is -1.12. The average Bonchev–Trinajstić information content (AvgIpc) is 2.58. The number of allylic oxidation sites excluding steroid dienone is 1. The molecule has 0 heterocycles. The Morgan fingerprint density at radius 1 is 1.33 bits per heavy atom. The highest BCUT2D eigenvalue weighted by atomic mass is 35.5. The Morgan fingerprint density at radius 2 is 2.04 bits per heavy atom. The number of carbonyl (C=O) groups is 1. The lowest BCUT2D eigenvalue weighted by molar-refractivity contribution is -0.139. The molecule has 24 heavy (non-hydrogen) atoms. The van der Waals surface area contributed by atoms with E-state index in [4.69, 9.17) is 26.2 Å². The molecular weight excluding hydrogens is 330 g/mol. The SMILES string of the molecule is COc1cc(C=C(C#N)c2ccccc2)cc(Cl)c1OCC(=O)O. The molecular formula is C18H14ClNO4. The number of rotatable bonds is 6. The third-order valence-electron chi connectivity index (χ3n) is 3.11. The van der Waals surface area contributed by atoms with Crippen molar-refractivity contribution >= 4 is 29.2 Å². The molecule has 0 saturated heterocycles. The molecule has 0 saturated carbocycles. The zero-order valence-corrected chi connectivity index (χ0v) is 13.6. The highest BCUT2D eigenvalue weighted by molar-refractivity contribution is 6.32. The van der Waals surface area contributed by atoms with Crippen molar-refractivity contribution in [2.45, 2.75) is 0 Å². The standard InChI is InChI=1S/C18H14ClNO4/c1-23-16-9-12(8-15(19)18(16)24-11-17(21)22)7-14(10-20)13-5-3-2-4-6-13/h2-9H,11H2,1H3,(H,21,22). The van der Waals surface area contributed by atoms with Crippen LogP contribution >= 0.6 is 11.6 Å². The average molecular weight is 344 g/mol. The normalized spacial score (nSPS) is 10.8. The third kappa shape index (κ3) is 4.28. The summed E-state index contributed by atoms with van der Waals surface area (Å²) in [5, 5.41) is 18.3. The van der Waals surface area contributed by atoms with Crippen LogP contribution in [0.1, 0.15) is 11.1 Å². The molecule has 0 radical (unpaired) electrons. The first-order chi connectivity index (χ1) is 11.5. The van der Waals surface area contributed by atoms with Gasteiger partial charge in [0.2, 0.25) is 0 Å². The minimum Gasteiger partial charge on any atom is -0.493 e. The molecule has 0 fully saturated rings. The van der Waals surface area contributed by atoms with Crippen molar-refractivity contribution in [1.29, 1.82) is 5.26 Å². The Labute approximate surface area is 144 Å². The summed E-state index contributed by atoms with van der Waals surface area (Å²) in [5.74, 6) is -0.676. The van der Waals surface area contributed by atoms with Gasteiger partial charge < -0.3 is 14.6 Å². The van der Waals surface area contributed by atoms with E-state index in [1.54, 1.807) is 18.2 Å². The van der Waals surface area contributed by atoms with E-state index in [-0.39, 0.29) is 10.8 Å². The lowest BCUT2D eigenvalue weighted by Crippen LogP contribution is -2.10. The Bertz CT molecular complexity index is 810. The highest BCUT2D eigenvalue weighted by Gasteiger charge is 2.13. The van der Waals surface area contributed by atoms with E-state index in [1.807, 2.05) is 30.3 Å². The van der Waals surface area contributed by atoms with Gasteiger partial charge in [0.1, 0.15) is 0 Å². The van der Waals surface area contributed by atoms with Gasteiger partial charge in [-0.15, -0.1) is 0 Å². The fourth-order valence-electron chi connectivity index (χ4n) is 2.06. The summed E-state index contributed by atoms with van der Waals surface area (Å²) in [7, 11) is 1.43. The number of methoxy groups -OCH3 is 1. The number of ether oxygens (including phenoxy) is 2.